The quantitative estimate of drug-likeness (QED) is 0.343. The van der Waals surface area contributed by atoms with E-state index in [-0.39, 0.29) is 51.4 Å². The molecule has 0 radical (unpaired) electrons. The van der Waals surface area contributed by atoms with Crippen LogP contribution in [0.4, 0.5) is 0 Å². The molecule has 1 aromatic carbocycles. The Kier molecular flexibility index (Phi) is 3.34. The van der Waals surface area contributed by atoms with Gasteiger partial charge in [0.1, 0.15) is 6.33 Å². The summed E-state index contributed by atoms with van der Waals surface area (Å²) in [6.07, 6.45) is 1.63. The second kappa shape index (κ2) is 4.40. The van der Waals surface area contributed by atoms with Crippen LogP contribution in [0.3, 0.4) is 0 Å². The summed E-state index contributed by atoms with van der Waals surface area (Å²) >= 11 is 4.91. The molecular weight excluding hydrogens is 235 g/mol. The molecule has 4 nitrogen and oxygen atoms in total. The largest absolute Gasteiger partial charge is 1.00 e. The Labute approximate surface area is 134 Å². The van der Waals surface area contributed by atoms with Crippen molar-refractivity contribution in [3.63, 3.8) is 0 Å². The molecule has 0 unspecified atom stereocenters. The second-order valence-electron chi connectivity index (χ2n) is 2.92. The molecule has 0 atom stereocenters. The monoisotopic (exact) mass is 240 g/mol. The van der Waals surface area contributed by atoms with Crippen LogP contribution >= 0.6 is 0 Å². The number of hydrogen-bond acceptors (Lipinski definition) is 4. The molecular formula is C9H5KN4S. The van der Waals surface area contributed by atoms with Gasteiger partial charge in [-0.1, -0.05) is 12.1 Å². The summed E-state index contributed by atoms with van der Waals surface area (Å²) in [7, 11) is 0. The molecule has 0 N–H and O–H groups in total. The maximum absolute atomic E-state index is 4.91. The van der Waals surface area contributed by atoms with E-state index >= 15 is 0 Å². The average Bonchev–Trinajstić information content (AvgIpc) is 2.59. The van der Waals surface area contributed by atoms with Gasteiger partial charge in [-0.2, -0.15) is 5.10 Å². The molecule has 0 aliphatic rings. The van der Waals surface area contributed by atoms with Crippen LogP contribution in [0.5, 0.6) is 0 Å². The number of benzene rings is 1. The molecule has 0 saturated carbocycles. The first-order chi connectivity index (χ1) is 6.84. The Bertz CT molecular complexity index is 622. The van der Waals surface area contributed by atoms with Gasteiger partial charge in [-0.05, 0) is 12.1 Å². The number of nitrogens with zero attached hydrogens (tertiary/aromatic N) is 4. The van der Waals surface area contributed by atoms with E-state index in [9.17, 15) is 0 Å². The summed E-state index contributed by atoms with van der Waals surface area (Å²) in [6.45, 7) is 0. The van der Waals surface area contributed by atoms with E-state index in [1.807, 2.05) is 24.3 Å². The summed E-state index contributed by atoms with van der Waals surface area (Å²) in [4.78, 5) is 8.40. The molecule has 6 heteroatoms. The van der Waals surface area contributed by atoms with Gasteiger partial charge in [-0.25, -0.2) is 14.5 Å². The predicted molar refractivity (Wildman–Crippen MR) is 53.9 cm³/mol. The summed E-state index contributed by atoms with van der Waals surface area (Å²) in [5.74, 6) is 0. The van der Waals surface area contributed by atoms with E-state index in [1.165, 1.54) is 0 Å². The molecule has 0 saturated heterocycles. The fourth-order valence-corrected chi connectivity index (χ4v) is 1.63. The van der Waals surface area contributed by atoms with Crippen LogP contribution in [0.25, 0.3) is 16.6 Å². The predicted octanol–water partition coefficient (Wildman–Crippen LogP) is -1.81. The van der Waals surface area contributed by atoms with Crippen molar-refractivity contribution in [3.8, 4) is 0 Å². The minimum absolute atomic E-state index is 0. The van der Waals surface area contributed by atoms with Crippen LogP contribution < -0.4 is 51.4 Å². The van der Waals surface area contributed by atoms with E-state index in [1.54, 1.807) is 10.8 Å². The first kappa shape index (κ1) is 11.4. The molecule has 2 aromatic heterocycles. The van der Waals surface area contributed by atoms with Gasteiger partial charge in [0, 0.05) is 10.5 Å². The van der Waals surface area contributed by atoms with E-state index < -0.39 is 0 Å². The second-order valence-corrected chi connectivity index (χ2v) is 3.29. The number of rotatable bonds is 0. The molecule has 3 aromatic rings. The van der Waals surface area contributed by atoms with Gasteiger partial charge in [-0.15, -0.1) is 0 Å². The molecule has 0 amide bonds. The van der Waals surface area contributed by atoms with Gasteiger partial charge in [0.2, 0.25) is 0 Å². The van der Waals surface area contributed by atoms with Crippen molar-refractivity contribution in [2.75, 3.05) is 0 Å². The summed E-state index contributed by atoms with van der Waals surface area (Å²) < 4.78 is 1.60. The van der Waals surface area contributed by atoms with E-state index in [0.29, 0.717) is 5.16 Å². The Morgan fingerprint density at radius 2 is 2.00 bits per heavy atom. The SMILES string of the molecule is [K+].[S-]c1nc2c3ccccc3ncn2n1. The summed E-state index contributed by atoms with van der Waals surface area (Å²) in [5.41, 5.74) is 1.67. The van der Waals surface area contributed by atoms with Gasteiger partial charge in [0.05, 0.1) is 5.52 Å². The van der Waals surface area contributed by atoms with Crippen molar-refractivity contribution in [2.45, 2.75) is 5.16 Å². The van der Waals surface area contributed by atoms with Crippen molar-refractivity contribution in [1.82, 2.24) is 19.6 Å². The fraction of sp³-hybridized carbons (Fsp3) is 0. The molecule has 68 valence electrons. The molecule has 15 heavy (non-hydrogen) atoms. The zero-order valence-corrected chi connectivity index (χ0v) is 12.0. The first-order valence-electron chi connectivity index (χ1n) is 4.12. The van der Waals surface area contributed by atoms with Crippen molar-refractivity contribution < 1.29 is 51.4 Å². The standard InChI is InChI=1S/C9H6N4S.K/c14-9-11-8-6-3-1-2-4-7(6)10-5-13(8)12-9;/h1-5H,(H,12,14);/q;+1/p-1. The molecule has 0 fully saturated rings. The van der Waals surface area contributed by atoms with E-state index in [2.05, 4.69) is 15.1 Å². The number of para-hydroxylation sites is 1. The Morgan fingerprint density at radius 3 is 2.87 bits per heavy atom. The van der Waals surface area contributed by atoms with Gasteiger partial charge >= 0.3 is 51.4 Å². The third-order valence-electron chi connectivity index (χ3n) is 2.06. The number of aromatic nitrogens is 4. The van der Waals surface area contributed by atoms with Crippen LogP contribution in [0, 0.1) is 0 Å². The molecule has 3 rings (SSSR count). The third-order valence-corrected chi connectivity index (χ3v) is 2.24. The van der Waals surface area contributed by atoms with Gasteiger partial charge in [0.25, 0.3) is 0 Å². The molecule has 0 aliphatic carbocycles. The van der Waals surface area contributed by atoms with Crippen molar-refractivity contribution in [2.24, 2.45) is 0 Å². The number of fused-ring (bicyclic) bond motifs is 3. The maximum Gasteiger partial charge on any atom is 1.00 e. The van der Waals surface area contributed by atoms with Crippen LogP contribution in [0.2, 0.25) is 0 Å². The van der Waals surface area contributed by atoms with E-state index in [0.717, 1.165) is 16.6 Å². The van der Waals surface area contributed by atoms with Crippen LogP contribution in [-0.4, -0.2) is 19.6 Å². The van der Waals surface area contributed by atoms with Crippen LogP contribution in [0.15, 0.2) is 35.7 Å². The smallest absolute Gasteiger partial charge is 0.738 e. The van der Waals surface area contributed by atoms with Gasteiger partial charge in [-0.3, -0.25) is 0 Å². The summed E-state index contributed by atoms with van der Waals surface area (Å²) in [6, 6.07) is 7.78. The Balaban J connectivity index is 0.000000853. The van der Waals surface area contributed by atoms with Crippen molar-refractivity contribution in [3.05, 3.63) is 30.6 Å². The topological polar surface area (TPSA) is 43.1 Å². The fourth-order valence-electron chi connectivity index (χ4n) is 1.46. The molecule has 0 spiro atoms. The third kappa shape index (κ3) is 1.93. The van der Waals surface area contributed by atoms with Gasteiger partial charge in [0.15, 0.2) is 5.65 Å². The molecule has 0 bridgehead atoms. The van der Waals surface area contributed by atoms with Crippen molar-refractivity contribution >= 4 is 29.2 Å². The van der Waals surface area contributed by atoms with Crippen LogP contribution in [0.1, 0.15) is 0 Å². The molecule has 0 aliphatic heterocycles. The Hall–Kier alpha value is -0.114. The first-order valence-corrected chi connectivity index (χ1v) is 4.52. The zero-order valence-electron chi connectivity index (χ0n) is 8.08. The van der Waals surface area contributed by atoms with E-state index in [4.69, 9.17) is 12.6 Å². The maximum atomic E-state index is 4.91. The number of hydrogen-bond donors (Lipinski definition) is 0. The minimum Gasteiger partial charge on any atom is -0.738 e. The minimum atomic E-state index is 0. The van der Waals surface area contributed by atoms with Crippen LogP contribution in [-0.2, 0) is 12.6 Å². The Morgan fingerprint density at radius 1 is 1.20 bits per heavy atom. The van der Waals surface area contributed by atoms with Gasteiger partial charge < -0.3 is 12.6 Å². The normalized spacial score (nSPS) is 10.4. The molecule has 2 heterocycles. The summed E-state index contributed by atoms with van der Waals surface area (Å²) in [5, 5.41) is 5.34. The zero-order chi connectivity index (χ0) is 9.54. The average molecular weight is 240 g/mol. The van der Waals surface area contributed by atoms with Crippen molar-refractivity contribution in [1.29, 1.82) is 0 Å².